The lowest BCUT2D eigenvalue weighted by Crippen LogP contribution is -2.29. The summed E-state index contributed by atoms with van der Waals surface area (Å²) in [5.74, 6) is -0.225. The Kier molecular flexibility index (Phi) is 4.70. The number of amides is 1. The summed E-state index contributed by atoms with van der Waals surface area (Å²) in [6.07, 6.45) is -4.74. The Morgan fingerprint density at radius 1 is 1.22 bits per heavy atom. The highest BCUT2D eigenvalue weighted by molar-refractivity contribution is 6.32. The van der Waals surface area contributed by atoms with E-state index >= 15 is 0 Å². The van der Waals surface area contributed by atoms with Gasteiger partial charge in [0.05, 0.1) is 15.5 Å². The number of rotatable bonds is 4. The second-order valence-corrected chi connectivity index (χ2v) is 5.66. The SMILES string of the molecule is O=C(NNc1ccc(C(F)(F)F)cc1[N+](=O)[O-])c1cc(Cl)c2c(c1)OCO2. The van der Waals surface area contributed by atoms with E-state index in [2.05, 4.69) is 10.9 Å². The Bertz CT molecular complexity index is 936. The number of hydrogen-bond donors (Lipinski definition) is 2. The molecule has 2 aromatic rings. The molecule has 0 spiro atoms. The Hall–Kier alpha value is -3.21. The topological polar surface area (TPSA) is 103 Å². The van der Waals surface area contributed by atoms with Crippen LogP contribution in [-0.2, 0) is 6.18 Å². The molecule has 27 heavy (non-hydrogen) atoms. The number of nitro groups is 1. The number of halogens is 4. The summed E-state index contributed by atoms with van der Waals surface area (Å²) in [5.41, 5.74) is 2.07. The van der Waals surface area contributed by atoms with Gasteiger partial charge in [-0.2, -0.15) is 13.2 Å². The third-order valence-corrected chi connectivity index (χ3v) is 3.80. The summed E-state index contributed by atoms with van der Waals surface area (Å²) in [6, 6.07) is 4.48. The molecule has 0 fully saturated rings. The third-order valence-electron chi connectivity index (χ3n) is 3.52. The molecule has 0 saturated heterocycles. The molecule has 8 nitrogen and oxygen atoms in total. The molecule has 1 aliphatic heterocycles. The molecule has 2 aromatic carbocycles. The third kappa shape index (κ3) is 3.82. The standard InChI is InChI=1S/C15H9ClF3N3O5/c16-9-3-7(4-12-13(9)27-6-26-12)14(23)21-20-10-2-1-8(15(17,18)19)5-11(10)22(24)25/h1-5,20H,6H2,(H,21,23). The van der Waals surface area contributed by atoms with Crippen molar-refractivity contribution in [2.45, 2.75) is 6.18 Å². The molecule has 0 saturated carbocycles. The normalized spacial score (nSPS) is 12.6. The van der Waals surface area contributed by atoms with Crippen molar-refractivity contribution in [1.29, 1.82) is 0 Å². The van der Waals surface area contributed by atoms with Gasteiger partial charge < -0.3 is 9.47 Å². The van der Waals surface area contributed by atoms with Crippen molar-refractivity contribution < 1.29 is 32.4 Å². The monoisotopic (exact) mass is 403 g/mol. The van der Waals surface area contributed by atoms with Gasteiger partial charge in [0.15, 0.2) is 11.5 Å². The molecule has 142 valence electrons. The molecule has 1 aliphatic rings. The van der Waals surface area contributed by atoms with Crippen LogP contribution < -0.4 is 20.3 Å². The van der Waals surface area contributed by atoms with Crippen LogP contribution in [0.4, 0.5) is 24.5 Å². The van der Waals surface area contributed by atoms with Gasteiger partial charge in [-0.3, -0.25) is 25.8 Å². The van der Waals surface area contributed by atoms with Gasteiger partial charge in [-0.15, -0.1) is 0 Å². The largest absolute Gasteiger partial charge is 0.454 e. The second kappa shape index (κ2) is 6.83. The quantitative estimate of drug-likeness (QED) is 0.595. The van der Waals surface area contributed by atoms with Crippen molar-refractivity contribution in [2.75, 3.05) is 12.2 Å². The first-order valence-corrected chi connectivity index (χ1v) is 7.56. The predicted octanol–water partition coefficient (Wildman–Crippen LogP) is 3.75. The first-order valence-electron chi connectivity index (χ1n) is 7.18. The number of nitrogens with one attached hydrogen (secondary N) is 2. The number of fused-ring (bicyclic) bond motifs is 1. The van der Waals surface area contributed by atoms with Crippen LogP contribution in [0.5, 0.6) is 11.5 Å². The van der Waals surface area contributed by atoms with E-state index in [-0.39, 0.29) is 34.6 Å². The molecule has 0 atom stereocenters. The summed E-state index contributed by atoms with van der Waals surface area (Å²) in [7, 11) is 0. The van der Waals surface area contributed by atoms with E-state index in [1.54, 1.807) is 0 Å². The highest BCUT2D eigenvalue weighted by atomic mass is 35.5. The number of alkyl halides is 3. The molecule has 1 heterocycles. The average Bonchev–Trinajstić information content (AvgIpc) is 3.07. The Balaban J connectivity index is 1.79. The number of benzene rings is 2. The van der Waals surface area contributed by atoms with Crippen molar-refractivity contribution in [1.82, 2.24) is 5.43 Å². The zero-order chi connectivity index (χ0) is 19.8. The average molecular weight is 404 g/mol. The molecule has 0 bridgehead atoms. The molecular formula is C15H9ClF3N3O5. The fraction of sp³-hybridized carbons (Fsp3) is 0.133. The maximum absolute atomic E-state index is 12.7. The van der Waals surface area contributed by atoms with E-state index in [1.807, 2.05) is 0 Å². The van der Waals surface area contributed by atoms with Crippen LogP contribution in [0.25, 0.3) is 0 Å². The summed E-state index contributed by atoms with van der Waals surface area (Å²) < 4.78 is 48.3. The van der Waals surface area contributed by atoms with Crippen LogP contribution in [0, 0.1) is 10.1 Å². The number of hydrogen-bond acceptors (Lipinski definition) is 6. The molecule has 0 aromatic heterocycles. The molecular weight excluding hydrogens is 395 g/mol. The number of hydrazine groups is 1. The first-order chi connectivity index (χ1) is 12.7. The fourth-order valence-electron chi connectivity index (χ4n) is 2.26. The zero-order valence-corrected chi connectivity index (χ0v) is 13.9. The van der Waals surface area contributed by atoms with E-state index in [0.717, 1.165) is 6.07 Å². The molecule has 3 rings (SSSR count). The highest BCUT2D eigenvalue weighted by Crippen LogP contribution is 2.40. The van der Waals surface area contributed by atoms with Crippen LogP contribution in [-0.4, -0.2) is 17.6 Å². The summed E-state index contributed by atoms with van der Waals surface area (Å²) >= 11 is 5.96. The van der Waals surface area contributed by atoms with Gasteiger partial charge in [0.1, 0.15) is 5.69 Å². The van der Waals surface area contributed by atoms with Crippen LogP contribution in [0.15, 0.2) is 30.3 Å². The number of nitrogens with zero attached hydrogens (tertiary/aromatic N) is 1. The van der Waals surface area contributed by atoms with E-state index in [4.69, 9.17) is 21.1 Å². The van der Waals surface area contributed by atoms with Crippen molar-refractivity contribution in [2.24, 2.45) is 0 Å². The number of nitro benzene ring substituents is 1. The van der Waals surface area contributed by atoms with E-state index in [9.17, 15) is 28.1 Å². The fourth-order valence-corrected chi connectivity index (χ4v) is 2.52. The van der Waals surface area contributed by atoms with Crippen LogP contribution >= 0.6 is 11.6 Å². The minimum absolute atomic E-state index is 0.0475. The predicted molar refractivity (Wildman–Crippen MR) is 86.8 cm³/mol. The van der Waals surface area contributed by atoms with E-state index in [0.29, 0.717) is 12.1 Å². The van der Waals surface area contributed by atoms with Crippen molar-refractivity contribution in [3.8, 4) is 11.5 Å². The van der Waals surface area contributed by atoms with Gasteiger partial charge in [0, 0.05) is 11.6 Å². The molecule has 0 aliphatic carbocycles. The van der Waals surface area contributed by atoms with Crippen molar-refractivity contribution in [3.05, 3.63) is 56.6 Å². The minimum atomic E-state index is -4.74. The zero-order valence-electron chi connectivity index (χ0n) is 13.1. The van der Waals surface area contributed by atoms with Crippen LogP contribution in [0.1, 0.15) is 15.9 Å². The Morgan fingerprint density at radius 3 is 2.63 bits per heavy atom. The van der Waals surface area contributed by atoms with E-state index in [1.165, 1.54) is 12.1 Å². The molecule has 2 N–H and O–H groups in total. The molecule has 0 radical (unpaired) electrons. The van der Waals surface area contributed by atoms with Gasteiger partial charge in [-0.1, -0.05) is 11.6 Å². The number of ether oxygens (including phenoxy) is 2. The lowest BCUT2D eigenvalue weighted by molar-refractivity contribution is -0.384. The van der Waals surface area contributed by atoms with Crippen LogP contribution in [0.2, 0.25) is 5.02 Å². The first kappa shape index (κ1) is 18.6. The maximum Gasteiger partial charge on any atom is 0.416 e. The molecule has 0 unspecified atom stereocenters. The summed E-state index contributed by atoms with van der Waals surface area (Å²) in [5, 5.41) is 11.1. The second-order valence-electron chi connectivity index (χ2n) is 5.26. The molecule has 1 amide bonds. The van der Waals surface area contributed by atoms with Gasteiger partial charge in [0.25, 0.3) is 11.6 Å². The Morgan fingerprint density at radius 2 is 1.96 bits per heavy atom. The number of carbonyl (C=O) groups is 1. The van der Waals surface area contributed by atoms with Gasteiger partial charge in [-0.05, 0) is 24.3 Å². The van der Waals surface area contributed by atoms with Gasteiger partial charge >= 0.3 is 6.18 Å². The van der Waals surface area contributed by atoms with Crippen molar-refractivity contribution >= 4 is 28.9 Å². The maximum atomic E-state index is 12.7. The van der Waals surface area contributed by atoms with E-state index < -0.39 is 28.3 Å². The Labute approximate surface area is 153 Å². The lowest BCUT2D eigenvalue weighted by atomic mass is 10.1. The molecule has 12 heteroatoms. The number of anilines is 1. The summed E-state index contributed by atoms with van der Waals surface area (Å²) in [6.45, 7) is -0.0594. The van der Waals surface area contributed by atoms with Crippen molar-refractivity contribution in [3.63, 3.8) is 0 Å². The highest BCUT2D eigenvalue weighted by Gasteiger charge is 2.33. The van der Waals surface area contributed by atoms with Crippen LogP contribution in [0.3, 0.4) is 0 Å². The van der Waals surface area contributed by atoms with Gasteiger partial charge in [0.2, 0.25) is 6.79 Å². The minimum Gasteiger partial charge on any atom is -0.454 e. The smallest absolute Gasteiger partial charge is 0.416 e. The number of carbonyl (C=O) groups excluding carboxylic acids is 1. The summed E-state index contributed by atoms with van der Waals surface area (Å²) in [4.78, 5) is 22.2. The lowest BCUT2D eigenvalue weighted by Gasteiger charge is -2.12. The van der Waals surface area contributed by atoms with Gasteiger partial charge in [-0.25, -0.2) is 0 Å².